The molecule has 30 heavy (non-hydrogen) atoms. The number of benzene rings is 2. The van der Waals surface area contributed by atoms with Crippen LogP contribution in [0.15, 0.2) is 48.5 Å². The van der Waals surface area contributed by atoms with Gasteiger partial charge in [-0.2, -0.15) is 0 Å². The van der Waals surface area contributed by atoms with Crippen LogP contribution in [-0.2, 0) is 18.9 Å². The molecule has 5 heteroatoms. The fourth-order valence-electron chi connectivity index (χ4n) is 5.09. The summed E-state index contributed by atoms with van der Waals surface area (Å²) in [4.78, 5) is 0. The van der Waals surface area contributed by atoms with Crippen molar-refractivity contribution in [3.05, 3.63) is 59.7 Å². The van der Waals surface area contributed by atoms with Crippen molar-refractivity contribution in [2.45, 2.75) is 77.8 Å². The van der Waals surface area contributed by atoms with Crippen LogP contribution in [0.1, 0.15) is 52.7 Å². The van der Waals surface area contributed by atoms with Gasteiger partial charge in [-0.3, -0.25) is 0 Å². The Morgan fingerprint density at radius 1 is 0.567 bits per heavy atom. The van der Waals surface area contributed by atoms with Gasteiger partial charge in [0.15, 0.2) is 0 Å². The molecule has 0 amide bonds. The molecule has 2 aromatic carbocycles. The first kappa shape index (κ1) is 26.5. The third-order valence-corrected chi connectivity index (χ3v) is 23.6. The van der Waals surface area contributed by atoms with Crippen LogP contribution < -0.4 is 10.4 Å². The van der Waals surface area contributed by atoms with E-state index in [1.54, 1.807) is 10.4 Å². The Kier molecular flexibility index (Phi) is 10.5. The Morgan fingerprint density at radius 3 is 1.03 bits per heavy atom. The molecular weight excluding hydrogens is 519 g/mol. The van der Waals surface area contributed by atoms with E-state index in [9.17, 15) is 0 Å². The zero-order chi connectivity index (χ0) is 22.4. The normalized spacial score (nSPS) is 12.1. The molecule has 0 N–H and O–H groups in total. The standard InChI is InChI=1S/C25H38Si2.2ClH.Zr/c1-7-26(8-2,9-3)24-17-13-22(14-18-24)21-23-15-19-25(20-16-23)27(10-4,11-5)12-6;;;/h13-20H,7-12H2,1-6H3;2*1H;/q;;;+2/p-2. The third-order valence-electron chi connectivity index (χ3n) is 7.82. The SMILES string of the molecule is CC[Si](CC)(CC)c1ccc([C](c2ccc([Si](CC)(CC)CC)cc2)=[Zr]([Cl])[Cl])cc1. The van der Waals surface area contributed by atoms with Crippen molar-refractivity contribution in [2.75, 3.05) is 0 Å². The van der Waals surface area contributed by atoms with Crippen molar-refractivity contribution < 1.29 is 18.9 Å². The van der Waals surface area contributed by atoms with Crippen molar-refractivity contribution >= 4 is 46.8 Å². The summed E-state index contributed by atoms with van der Waals surface area (Å²) >= 11 is -2.63. The summed E-state index contributed by atoms with van der Waals surface area (Å²) in [5, 5.41) is 3.15. The quantitative estimate of drug-likeness (QED) is 0.264. The van der Waals surface area contributed by atoms with Gasteiger partial charge in [0.1, 0.15) is 0 Å². The van der Waals surface area contributed by atoms with E-state index in [2.05, 4.69) is 90.1 Å². The van der Waals surface area contributed by atoms with Crippen LogP contribution in [0.5, 0.6) is 0 Å². The Labute approximate surface area is 201 Å². The molecule has 0 nitrogen and oxygen atoms in total. The molecule has 0 spiro atoms. The molecule has 2 aromatic rings. The second-order valence-electron chi connectivity index (χ2n) is 8.47. The summed E-state index contributed by atoms with van der Waals surface area (Å²) in [6.45, 7) is 14.2. The predicted octanol–water partition coefficient (Wildman–Crippen LogP) is 7.61. The molecule has 0 atom stereocenters. The molecule has 2 rings (SSSR count). The number of hydrogen-bond acceptors (Lipinski definition) is 0. The number of hydrogen-bond donors (Lipinski definition) is 0. The van der Waals surface area contributed by atoms with E-state index in [1.807, 2.05) is 0 Å². The van der Waals surface area contributed by atoms with Gasteiger partial charge in [0.2, 0.25) is 0 Å². The minimum atomic E-state index is -2.63. The molecule has 0 aliphatic heterocycles. The van der Waals surface area contributed by atoms with Crippen LogP contribution in [0.4, 0.5) is 0 Å². The van der Waals surface area contributed by atoms with Gasteiger partial charge in [-0.1, -0.05) is 0 Å². The van der Waals surface area contributed by atoms with Gasteiger partial charge in [0, 0.05) is 0 Å². The van der Waals surface area contributed by atoms with Crippen molar-refractivity contribution in [1.29, 1.82) is 0 Å². The number of rotatable bonds is 10. The molecule has 0 radical (unpaired) electrons. The average Bonchev–Trinajstić information content (AvgIpc) is 2.79. The van der Waals surface area contributed by atoms with E-state index in [0.717, 1.165) is 0 Å². The van der Waals surface area contributed by atoms with Crippen LogP contribution >= 0.6 is 17.0 Å². The fourth-order valence-corrected chi connectivity index (χ4v) is 16.8. The van der Waals surface area contributed by atoms with E-state index in [1.165, 1.54) is 50.6 Å². The van der Waals surface area contributed by atoms with Crippen LogP contribution in [0.3, 0.4) is 0 Å². The second kappa shape index (κ2) is 11.9. The Hall–Kier alpha value is 0.207. The minimum absolute atomic E-state index is 1.22. The molecular formula is C25H38Cl2Si2Zr. The molecule has 0 aromatic heterocycles. The maximum atomic E-state index is 6.68. The summed E-state index contributed by atoms with van der Waals surface area (Å²) in [6, 6.07) is 26.5. The topological polar surface area (TPSA) is 0 Å². The maximum absolute atomic E-state index is 6.68. The molecule has 0 saturated heterocycles. The monoisotopic (exact) mass is 554 g/mol. The van der Waals surface area contributed by atoms with Gasteiger partial charge >= 0.3 is 203 Å². The van der Waals surface area contributed by atoms with Gasteiger partial charge in [-0.25, -0.2) is 0 Å². The van der Waals surface area contributed by atoms with Gasteiger partial charge in [0.25, 0.3) is 0 Å². The molecule has 0 saturated carbocycles. The predicted molar refractivity (Wildman–Crippen MR) is 141 cm³/mol. The van der Waals surface area contributed by atoms with E-state index in [4.69, 9.17) is 17.0 Å². The summed E-state index contributed by atoms with van der Waals surface area (Å²) < 4.78 is 1.22. The molecule has 0 aliphatic carbocycles. The van der Waals surface area contributed by atoms with Crippen molar-refractivity contribution in [2.24, 2.45) is 0 Å². The van der Waals surface area contributed by atoms with Gasteiger partial charge in [-0.05, 0) is 0 Å². The van der Waals surface area contributed by atoms with Crippen LogP contribution in [0, 0.1) is 0 Å². The van der Waals surface area contributed by atoms with E-state index >= 15 is 0 Å². The van der Waals surface area contributed by atoms with Crippen LogP contribution in [-0.4, -0.2) is 19.4 Å². The van der Waals surface area contributed by atoms with E-state index in [0.29, 0.717) is 0 Å². The summed E-state index contributed by atoms with van der Waals surface area (Å²) in [7, 11) is 10.6. The van der Waals surface area contributed by atoms with Gasteiger partial charge in [-0.15, -0.1) is 0 Å². The summed E-state index contributed by atoms with van der Waals surface area (Å²) in [6.07, 6.45) is 0. The van der Waals surface area contributed by atoms with Crippen molar-refractivity contribution in [1.82, 2.24) is 0 Å². The molecule has 0 unspecified atom stereocenters. The Morgan fingerprint density at radius 2 is 0.833 bits per heavy atom. The molecule has 164 valence electrons. The Bertz CT molecular complexity index is 750. The fraction of sp³-hybridized carbons (Fsp3) is 0.480. The van der Waals surface area contributed by atoms with Gasteiger partial charge in [0.05, 0.1) is 0 Å². The molecule has 0 fully saturated rings. The van der Waals surface area contributed by atoms with Gasteiger partial charge < -0.3 is 0 Å². The molecule has 0 heterocycles. The van der Waals surface area contributed by atoms with Crippen LogP contribution in [0.25, 0.3) is 0 Å². The second-order valence-corrected chi connectivity index (χ2v) is 27.1. The number of halogens is 2. The third kappa shape index (κ3) is 5.40. The average molecular weight is 557 g/mol. The first-order valence-corrected chi connectivity index (χ1v) is 24.4. The van der Waals surface area contributed by atoms with Crippen LogP contribution in [0.2, 0.25) is 36.3 Å². The van der Waals surface area contributed by atoms with E-state index in [-0.39, 0.29) is 0 Å². The summed E-state index contributed by atoms with van der Waals surface area (Å²) in [5.74, 6) is 0. The zero-order valence-corrected chi connectivity index (χ0v) is 25.6. The molecule has 0 bridgehead atoms. The molecule has 0 aliphatic rings. The first-order chi connectivity index (χ1) is 14.4. The Balaban J connectivity index is 2.44. The first-order valence-electron chi connectivity index (χ1n) is 11.6. The summed E-state index contributed by atoms with van der Waals surface area (Å²) in [5.41, 5.74) is 2.45. The van der Waals surface area contributed by atoms with Crippen molar-refractivity contribution in [3.8, 4) is 0 Å². The van der Waals surface area contributed by atoms with E-state index < -0.39 is 35.0 Å². The van der Waals surface area contributed by atoms with Crippen molar-refractivity contribution in [3.63, 3.8) is 0 Å². The zero-order valence-electron chi connectivity index (χ0n) is 19.6.